The number of piperidine rings is 1. The third-order valence-corrected chi connectivity index (χ3v) is 9.01. The number of nitrogens with two attached hydrogens (primary N) is 1. The van der Waals surface area contributed by atoms with Crippen LogP contribution in [-0.2, 0) is 16.1 Å². The van der Waals surface area contributed by atoms with Crippen LogP contribution in [0.3, 0.4) is 0 Å². The zero-order valence-corrected chi connectivity index (χ0v) is 22.6. The number of hydrogen-bond donors (Lipinski definition) is 2. The number of para-hydroxylation sites is 1. The third-order valence-electron chi connectivity index (χ3n) is 9.01. The number of nitrogens with one attached hydrogen (secondary N) is 1. The van der Waals surface area contributed by atoms with Crippen molar-refractivity contribution in [1.29, 1.82) is 0 Å². The highest BCUT2D eigenvalue weighted by Gasteiger charge is 2.54. The second-order valence-corrected chi connectivity index (χ2v) is 11.5. The zero-order valence-electron chi connectivity index (χ0n) is 22.6. The van der Waals surface area contributed by atoms with Crippen molar-refractivity contribution in [3.63, 3.8) is 0 Å². The largest absolute Gasteiger partial charge is 0.352 e. The quantitative estimate of drug-likeness (QED) is 0.511. The average Bonchev–Trinajstić information content (AvgIpc) is 3.22. The van der Waals surface area contributed by atoms with Gasteiger partial charge >= 0.3 is 0 Å². The molecule has 2 saturated heterocycles. The van der Waals surface area contributed by atoms with Crippen LogP contribution >= 0.6 is 0 Å². The van der Waals surface area contributed by atoms with E-state index < -0.39 is 5.54 Å². The second kappa shape index (κ2) is 11.0. The molecule has 3 aromatic carbocycles. The van der Waals surface area contributed by atoms with Gasteiger partial charge in [-0.25, -0.2) is 0 Å². The average molecular weight is 526 g/mol. The van der Waals surface area contributed by atoms with Crippen molar-refractivity contribution in [1.82, 2.24) is 15.1 Å². The van der Waals surface area contributed by atoms with Crippen molar-refractivity contribution < 1.29 is 9.59 Å². The topological polar surface area (TPSA) is 81.9 Å². The molecule has 1 spiro atoms. The Labute approximate surface area is 230 Å². The fraction of sp³-hybridized carbons (Fsp3) is 0.438. The van der Waals surface area contributed by atoms with Gasteiger partial charge in [-0.2, -0.15) is 0 Å². The van der Waals surface area contributed by atoms with E-state index in [-0.39, 0.29) is 30.4 Å². The number of rotatable bonds is 6. The van der Waals surface area contributed by atoms with Crippen molar-refractivity contribution in [2.45, 2.75) is 62.7 Å². The normalized spacial score (nSPS) is 23.5. The SMILES string of the molecule is N[C@H]1CC[C@H](NC(=O)CN2CN(c3ccccc3)C3(CCN(Cc4cccc5ccccc45)CC3)C2=O)CC1. The Morgan fingerprint density at radius 2 is 1.59 bits per heavy atom. The van der Waals surface area contributed by atoms with E-state index >= 15 is 0 Å². The number of nitrogens with zero attached hydrogens (tertiary/aromatic N) is 3. The molecule has 7 heteroatoms. The van der Waals surface area contributed by atoms with Crippen LogP contribution in [0.15, 0.2) is 72.8 Å². The summed E-state index contributed by atoms with van der Waals surface area (Å²) in [5.41, 5.74) is 7.78. The van der Waals surface area contributed by atoms with Crippen LogP contribution in [0.5, 0.6) is 0 Å². The number of hydrogen-bond acceptors (Lipinski definition) is 5. The molecule has 6 rings (SSSR count). The zero-order chi connectivity index (χ0) is 26.8. The highest BCUT2D eigenvalue weighted by atomic mass is 16.2. The maximum atomic E-state index is 14.0. The van der Waals surface area contributed by atoms with Crippen molar-refractivity contribution in [3.05, 3.63) is 78.4 Å². The molecule has 2 amide bonds. The van der Waals surface area contributed by atoms with Crippen molar-refractivity contribution in [2.75, 3.05) is 31.2 Å². The number of anilines is 1. The highest BCUT2D eigenvalue weighted by molar-refractivity contribution is 5.96. The minimum Gasteiger partial charge on any atom is -0.352 e. The molecule has 7 nitrogen and oxygen atoms in total. The molecule has 1 saturated carbocycles. The maximum Gasteiger partial charge on any atom is 0.250 e. The highest BCUT2D eigenvalue weighted by Crippen LogP contribution is 2.40. The first-order valence-corrected chi connectivity index (χ1v) is 14.4. The monoisotopic (exact) mass is 525 g/mol. The Morgan fingerprint density at radius 3 is 2.36 bits per heavy atom. The van der Waals surface area contributed by atoms with Gasteiger partial charge in [0.1, 0.15) is 12.1 Å². The van der Waals surface area contributed by atoms with Gasteiger partial charge in [-0.3, -0.25) is 14.5 Å². The lowest BCUT2D eigenvalue weighted by Crippen LogP contribution is -2.56. The van der Waals surface area contributed by atoms with Crippen LogP contribution in [0.2, 0.25) is 0 Å². The number of carbonyl (C=O) groups is 2. The van der Waals surface area contributed by atoms with E-state index in [1.165, 1.54) is 16.3 Å². The van der Waals surface area contributed by atoms with E-state index in [0.717, 1.165) is 63.8 Å². The van der Waals surface area contributed by atoms with Gasteiger partial charge < -0.3 is 20.9 Å². The van der Waals surface area contributed by atoms with Gasteiger partial charge in [0.25, 0.3) is 0 Å². The van der Waals surface area contributed by atoms with E-state index in [1.807, 2.05) is 18.2 Å². The Kier molecular flexibility index (Phi) is 7.28. The van der Waals surface area contributed by atoms with Crippen molar-refractivity contribution in [3.8, 4) is 0 Å². The summed E-state index contributed by atoms with van der Waals surface area (Å²) in [6, 6.07) is 25.6. The summed E-state index contributed by atoms with van der Waals surface area (Å²) in [5.74, 6) is 0.0132. The lowest BCUT2D eigenvalue weighted by atomic mass is 9.85. The molecule has 204 valence electrons. The molecule has 3 N–H and O–H groups in total. The van der Waals surface area contributed by atoms with E-state index in [2.05, 4.69) is 69.7 Å². The van der Waals surface area contributed by atoms with Crippen LogP contribution in [0, 0.1) is 0 Å². The first-order valence-electron chi connectivity index (χ1n) is 14.4. The number of carbonyl (C=O) groups excluding carboxylic acids is 2. The molecular formula is C32H39N5O2. The molecule has 1 aliphatic carbocycles. The molecule has 0 unspecified atom stereocenters. The molecule has 3 aliphatic rings. The minimum atomic E-state index is -0.617. The summed E-state index contributed by atoms with van der Waals surface area (Å²) in [5, 5.41) is 5.72. The molecular weight excluding hydrogens is 486 g/mol. The lowest BCUT2D eigenvalue weighted by Gasteiger charge is -2.43. The first kappa shape index (κ1) is 25.8. The summed E-state index contributed by atoms with van der Waals surface area (Å²) >= 11 is 0. The van der Waals surface area contributed by atoms with E-state index in [4.69, 9.17) is 5.73 Å². The third kappa shape index (κ3) is 5.25. The molecule has 39 heavy (non-hydrogen) atoms. The smallest absolute Gasteiger partial charge is 0.250 e. The lowest BCUT2D eigenvalue weighted by molar-refractivity contribution is -0.137. The van der Waals surface area contributed by atoms with E-state index in [0.29, 0.717) is 6.67 Å². The molecule has 0 bridgehead atoms. The Balaban J connectivity index is 1.16. The summed E-state index contributed by atoms with van der Waals surface area (Å²) in [6.07, 6.45) is 5.18. The first-order chi connectivity index (χ1) is 19.0. The van der Waals surface area contributed by atoms with E-state index in [1.54, 1.807) is 4.90 Å². The fourth-order valence-corrected chi connectivity index (χ4v) is 6.78. The summed E-state index contributed by atoms with van der Waals surface area (Å²) < 4.78 is 0. The van der Waals surface area contributed by atoms with Gasteiger partial charge in [0.15, 0.2) is 0 Å². The Hall–Kier alpha value is -3.42. The Bertz CT molecular complexity index is 1310. The molecule has 3 aromatic rings. The summed E-state index contributed by atoms with van der Waals surface area (Å²) in [7, 11) is 0. The van der Waals surface area contributed by atoms with Crippen molar-refractivity contribution >= 4 is 28.3 Å². The van der Waals surface area contributed by atoms with Crippen LogP contribution in [0.1, 0.15) is 44.1 Å². The van der Waals surface area contributed by atoms with Crippen LogP contribution in [-0.4, -0.2) is 65.5 Å². The molecule has 0 aromatic heterocycles. The second-order valence-electron chi connectivity index (χ2n) is 11.5. The minimum absolute atomic E-state index is 0.0673. The number of likely N-dealkylation sites (tertiary alicyclic amines) is 1. The fourth-order valence-electron chi connectivity index (χ4n) is 6.78. The molecule has 2 aliphatic heterocycles. The van der Waals surface area contributed by atoms with Gasteiger partial charge in [0.05, 0.1) is 6.67 Å². The predicted octanol–water partition coefficient (Wildman–Crippen LogP) is 3.87. The number of amides is 2. The van der Waals surface area contributed by atoms with Crippen LogP contribution in [0.4, 0.5) is 5.69 Å². The van der Waals surface area contributed by atoms with Gasteiger partial charge in [0, 0.05) is 37.4 Å². The predicted molar refractivity (Wildman–Crippen MR) is 155 cm³/mol. The van der Waals surface area contributed by atoms with Gasteiger partial charge in [-0.15, -0.1) is 0 Å². The van der Waals surface area contributed by atoms with Gasteiger partial charge in [-0.1, -0.05) is 60.7 Å². The number of fused-ring (bicyclic) bond motifs is 1. The van der Waals surface area contributed by atoms with Crippen molar-refractivity contribution in [2.24, 2.45) is 5.73 Å². The summed E-state index contributed by atoms with van der Waals surface area (Å²) in [4.78, 5) is 33.5. The van der Waals surface area contributed by atoms with Crippen LogP contribution < -0.4 is 16.0 Å². The standard InChI is InChI=1S/C32H39N5O2/c33-26-13-15-27(16-14-26)34-30(38)22-36-23-37(28-10-2-1-3-11-28)32(31(36)39)17-19-35(20-18-32)21-25-9-6-8-24-7-4-5-12-29(24)25/h1-12,26-27H,13-23,33H2,(H,34,38)/t26-,27-. The van der Waals surface area contributed by atoms with E-state index in [9.17, 15) is 9.59 Å². The Morgan fingerprint density at radius 1 is 0.897 bits per heavy atom. The molecule has 0 radical (unpaired) electrons. The van der Waals surface area contributed by atoms with Gasteiger partial charge in [0.2, 0.25) is 11.8 Å². The molecule has 0 atom stereocenters. The number of benzene rings is 3. The van der Waals surface area contributed by atoms with Crippen LogP contribution in [0.25, 0.3) is 10.8 Å². The van der Waals surface area contributed by atoms with Gasteiger partial charge in [-0.05, 0) is 67.0 Å². The molecule has 2 heterocycles. The summed E-state index contributed by atoms with van der Waals surface area (Å²) in [6.45, 7) is 3.08. The molecule has 3 fully saturated rings. The maximum absolute atomic E-state index is 14.0.